The van der Waals surface area contributed by atoms with Crippen LogP contribution in [0.15, 0.2) is 0 Å². The average Bonchev–Trinajstić information content (AvgIpc) is 2.75. The van der Waals surface area contributed by atoms with E-state index in [1.807, 2.05) is 25.7 Å². The predicted molar refractivity (Wildman–Crippen MR) is 97.0 cm³/mol. The van der Waals surface area contributed by atoms with Gasteiger partial charge in [-0.15, -0.1) is 11.3 Å². The van der Waals surface area contributed by atoms with Gasteiger partial charge < -0.3 is 14.4 Å². The van der Waals surface area contributed by atoms with Gasteiger partial charge in [-0.25, -0.2) is 4.79 Å². The third kappa shape index (κ3) is 3.18. The molecule has 0 N–H and O–H groups in total. The van der Waals surface area contributed by atoms with Gasteiger partial charge in [0.05, 0.1) is 10.9 Å². The molecule has 1 fully saturated rings. The number of thiophene rings is 1. The van der Waals surface area contributed by atoms with Gasteiger partial charge in [-0.3, -0.25) is 0 Å². The third-order valence-corrected chi connectivity index (χ3v) is 6.72. The zero-order valence-corrected chi connectivity index (χ0v) is 16.6. The fraction of sp³-hybridized carbons (Fsp3) is 0.722. The second-order valence-corrected chi connectivity index (χ2v) is 9.50. The number of amides is 1. The first kappa shape index (κ1) is 18.0. The highest BCUT2D eigenvalue weighted by molar-refractivity contribution is 7.16. The number of likely N-dealkylation sites (tertiary alicyclic amines) is 1. The molecule has 1 spiro atoms. The van der Waals surface area contributed by atoms with E-state index < -0.39 is 5.60 Å². The minimum atomic E-state index is -0.473. The van der Waals surface area contributed by atoms with E-state index in [1.54, 1.807) is 11.3 Å². The van der Waals surface area contributed by atoms with E-state index >= 15 is 0 Å². The fourth-order valence-corrected chi connectivity index (χ4v) is 5.35. The van der Waals surface area contributed by atoms with Crippen molar-refractivity contribution in [3.63, 3.8) is 0 Å². The molecule has 6 heteroatoms. The zero-order valence-electron chi connectivity index (χ0n) is 15.1. The first-order chi connectivity index (χ1) is 11.1. The number of hydrogen-bond donors (Lipinski definition) is 0. The number of fused-ring (bicyclic) bond motifs is 2. The van der Waals surface area contributed by atoms with E-state index in [4.69, 9.17) is 21.1 Å². The first-order valence-corrected chi connectivity index (χ1v) is 9.74. The van der Waals surface area contributed by atoms with Gasteiger partial charge in [0.1, 0.15) is 11.2 Å². The SMILES string of the molecule is Cc1c(Cl)sc2c1CCO[C@@]21CCN(C(=O)OC(C)(C)C)[C@@H](C)C1. The van der Waals surface area contributed by atoms with Crippen molar-refractivity contribution in [2.24, 2.45) is 0 Å². The molecule has 1 aromatic rings. The van der Waals surface area contributed by atoms with Gasteiger partial charge in [-0.2, -0.15) is 0 Å². The maximum atomic E-state index is 12.4. The summed E-state index contributed by atoms with van der Waals surface area (Å²) in [4.78, 5) is 15.5. The summed E-state index contributed by atoms with van der Waals surface area (Å²) in [6.07, 6.45) is 2.27. The number of ether oxygens (including phenoxy) is 2. The van der Waals surface area contributed by atoms with Gasteiger partial charge in [-0.05, 0) is 58.6 Å². The Kier molecular flexibility index (Phi) is 4.65. The molecule has 3 rings (SSSR count). The van der Waals surface area contributed by atoms with Gasteiger partial charge in [0.15, 0.2) is 0 Å². The van der Waals surface area contributed by atoms with Crippen LogP contribution in [0.4, 0.5) is 4.79 Å². The fourth-order valence-electron chi connectivity index (χ4n) is 3.74. The van der Waals surface area contributed by atoms with Crippen LogP contribution in [-0.2, 0) is 21.5 Å². The molecule has 1 saturated heterocycles. The topological polar surface area (TPSA) is 38.8 Å². The minimum absolute atomic E-state index is 0.0701. The summed E-state index contributed by atoms with van der Waals surface area (Å²) in [5.41, 5.74) is 1.78. The van der Waals surface area contributed by atoms with Gasteiger partial charge >= 0.3 is 6.09 Å². The number of nitrogens with zero attached hydrogens (tertiary/aromatic N) is 1. The Balaban J connectivity index is 1.81. The predicted octanol–water partition coefficient (Wildman–Crippen LogP) is 4.90. The zero-order chi connectivity index (χ0) is 17.7. The molecule has 0 aromatic carbocycles. The van der Waals surface area contributed by atoms with Crippen LogP contribution in [0.3, 0.4) is 0 Å². The maximum absolute atomic E-state index is 12.4. The Bertz CT molecular complexity index is 651. The van der Waals surface area contributed by atoms with E-state index in [1.165, 1.54) is 16.0 Å². The van der Waals surface area contributed by atoms with Crippen LogP contribution in [0.5, 0.6) is 0 Å². The highest BCUT2D eigenvalue weighted by Crippen LogP contribution is 2.49. The van der Waals surface area contributed by atoms with Crippen molar-refractivity contribution in [2.75, 3.05) is 13.2 Å². The van der Waals surface area contributed by atoms with Crippen LogP contribution in [0.2, 0.25) is 4.34 Å². The van der Waals surface area contributed by atoms with Crippen LogP contribution in [0.25, 0.3) is 0 Å². The molecule has 134 valence electrons. The molecular weight excluding hydrogens is 346 g/mol. The molecular formula is C18H26ClNO3S. The monoisotopic (exact) mass is 371 g/mol. The molecule has 2 atom stereocenters. The maximum Gasteiger partial charge on any atom is 0.410 e. The summed E-state index contributed by atoms with van der Waals surface area (Å²) in [5, 5.41) is 0. The van der Waals surface area contributed by atoms with Crippen LogP contribution in [0.1, 0.15) is 56.5 Å². The summed E-state index contributed by atoms with van der Waals surface area (Å²) < 4.78 is 12.7. The molecule has 4 nitrogen and oxygen atoms in total. The Hall–Kier alpha value is -0.780. The normalized spacial score (nSPS) is 27.2. The molecule has 2 aliphatic rings. The van der Waals surface area contributed by atoms with Gasteiger partial charge in [0.2, 0.25) is 0 Å². The van der Waals surface area contributed by atoms with Crippen LogP contribution in [0, 0.1) is 6.92 Å². The lowest BCUT2D eigenvalue weighted by Crippen LogP contribution is -2.53. The smallest absolute Gasteiger partial charge is 0.410 e. The van der Waals surface area contributed by atoms with E-state index in [0.717, 1.165) is 30.2 Å². The largest absolute Gasteiger partial charge is 0.444 e. The Morgan fingerprint density at radius 2 is 2.17 bits per heavy atom. The van der Waals surface area contributed by atoms with E-state index in [9.17, 15) is 4.79 Å². The molecule has 0 saturated carbocycles. The summed E-state index contributed by atoms with van der Waals surface area (Å²) in [7, 11) is 0. The molecule has 3 heterocycles. The summed E-state index contributed by atoms with van der Waals surface area (Å²) >= 11 is 8.04. The van der Waals surface area contributed by atoms with Crippen LogP contribution >= 0.6 is 22.9 Å². The summed E-state index contributed by atoms with van der Waals surface area (Å²) in [6, 6.07) is 0.0701. The second-order valence-electron chi connectivity index (χ2n) is 7.88. The number of carbonyl (C=O) groups excluding carboxylic acids is 1. The van der Waals surface area contributed by atoms with Crippen molar-refractivity contribution < 1.29 is 14.3 Å². The Morgan fingerprint density at radius 1 is 1.46 bits per heavy atom. The number of piperidine rings is 1. The van der Waals surface area contributed by atoms with Crippen molar-refractivity contribution in [3.05, 3.63) is 20.3 Å². The number of rotatable bonds is 0. The first-order valence-electron chi connectivity index (χ1n) is 8.55. The van der Waals surface area contributed by atoms with Crippen molar-refractivity contribution in [1.82, 2.24) is 4.90 Å². The second kappa shape index (κ2) is 6.19. The highest BCUT2D eigenvalue weighted by atomic mass is 35.5. The molecule has 0 unspecified atom stereocenters. The molecule has 1 aromatic heterocycles. The third-order valence-electron chi connectivity index (χ3n) is 4.90. The molecule has 0 bridgehead atoms. The lowest BCUT2D eigenvalue weighted by Gasteiger charge is -2.47. The van der Waals surface area contributed by atoms with Gasteiger partial charge in [0, 0.05) is 23.9 Å². The molecule has 1 amide bonds. The van der Waals surface area contributed by atoms with Gasteiger partial charge in [-0.1, -0.05) is 11.6 Å². The van der Waals surface area contributed by atoms with E-state index in [-0.39, 0.29) is 17.7 Å². The Morgan fingerprint density at radius 3 is 2.79 bits per heavy atom. The van der Waals surface area contributed by atoms with E-state index in [0.29, 0.717) is 6.54 Å². The van der Waals surface area contributed by atoms with Crippen molar-refractivity contribution in [1.29, 1.82) is 0 Å². The quantitative estimate of drug-likeness (QED) is 0.651. The molecule has 24 heavy (non-hydrogen) atoms. The standard InChI is InChI=1S/C18H26ClNO3S/c1-11-10-18(7-8-20(11)16(21)23-17(3,4)5)14-13(6-9-22-18)12(2)15(19)24-14/h11H,6-10H2,1-5H3/t11-,18+/m0/s1. The summed E-state index contributed by atoms with van der Waals surface area (Å²) in [6.45, 7) is 11.2. The van der Waals surface area contributed by atoms with Gasteiger partial charge in [0.25, 0.3) is 0 Å². The van der Waals surface area contributed by atoms with Crippen molar-refractivity contribution in [3.8, 4) is 0 Å². The highest BCUT2D eigenvalue weighted by Gasteiger charge is 2.47. The number of halogens is 1. The lowest BCUT2D eigenvalue weighted by atomic mass is 9.81. The van der Waals surface area contributed by atoms with E-state index in [2.05, 4.69) is 13.8 Å². The van der Waals surface area contributed by atoms with Crippen LogP contribution < -0.4 is 0 Å². The average molecular weight is 372 g/mol. The molecule has 0 radical (unpaired) electrons. The van der Waals surface area contributed by atoms with Crippen molar-refractivity contribution >= 4 is 29.0 Å². The lowest BCUT2D eigenvalue weighted by molar-refractivity contribution is -0.108. The molecule has 0 aliphatic carbocycles. The van der Waals surface area contributed by atoms with Crippen LogP contribution in [-0.4, -0.2) is 35.8 Å². The molecule has 2 aliphatic heterocycles. The summed E-state index contributed by atoms with van der Waals surface area (Å²) in [5.74, 6) is 0. The number of carbonyl (C=O) groups is 1. The number of hydrogen-bond acceptors (Lipinski definition) is 4. The minimum Gasteiger partial charge on any atom is -0.444 e. The Labute approximate surface area is 153 Å². The van der Waals surface area contributed by atoms with Crippen molar-refractivity contribution in [2.45, 2.75) is 71.1 Å².